The third-order valence-corrected chi connectivity index (χ3v) is 1.32. The first-order valence-electron chi connectivity index (χ1n) is 3.14. The number of hydrogen-bond acceptors (Lipinski definition) is 3. The molecule has 0 radical (unpaired) electrons. The van der Waals surface area contributed by atoms with E-state index in [1.165, 1.54) is 12.8 Å². The Morgan fingerprint density at radius 3 is 1.80 bits per heavy atom. The predicted octanol–water partition coefficient (Wildman–Crippen LogP) is 0.574. The highest BCUT2D eigenvalue weighted by Crippen LogP contribution is 2.16. The Labute approximate surface area is 58.4 Å². The van der Waals surface area contributed by atoms with Crippen molar-refractivity contribution in [2.75, 3.05) is 0 Å². The maximum Gasteiger partial charge on any atom is 0.291 e. The number of nitrogens with zero attached hydrogens (tertiary/aromatic N) is 1. The summed E-state index contributed by atoms with van der Waals surface area (Å²) in [6.07, 6.45) is 4.60. The molecule has 2 N–H and O–H groups in total. The van der Waals surface area contributed by atoms with Gasteiger partial charge in [-0.2, -0.15) is 0 Å². The molecule has 5 heteroatoms. The summed E-state index contributed by atoms with van der Waals surface area (Å²) in [6, 6.07) is 0. The molecule has 60 valence electrons. The number of aliphatic hydroxyl groups excluding tert-OH is 1. The minimum Gasteiger partial charge on any atom is -0.393 e. The number of aliphatic hydroxyl groups is 1. The van der Waals surface area contributed by atoms with Crippen LogP contribution in [0.25, 0.3) is 0 Å². The fourth-order valence-corrected chi connectivity index (χ4v) is 0.904. The van der Waals surface area contributed by atoms with Gasteiger partial charge in [-0.15, -0.1) is 10.1 Å². The Morgan fingerprint density at radius 1 is 1.40 bits per heavy atom. The molecule has 1 fully saturated rings. The van der Waals surface area contributed by atoms with Crippen LogP contribution in [-0.4, -0.2) is 21.5 Å². The lowest BCUT2D eigenvalue weighted by Gasteiger charge is -1.91. The predicted molar refractivity (Wildman–Crippen MR) is 33.3 cm³/mol. The van der Waals surface area contributed by atoms with Gasteiger partial charge in [-0.3, -0.25) is 0 Å². The van der Waals surface area contributed by atoms with Gasteiger partial charge in [-0.05, 0) is 12.8 Å². The minimum atomic E-state index is -1.50. The van der Waals surface area contributed by atoms with Crippen molar-refractivity contribution in [2.45, 2.75) is 31.8 Å². The van der Waals surface area contributed by atoms with Crippen LogP contribution in [0.5, 0.6) is 0 Å². The zero-order valence-corrected chi connectivity index (χ0v) is 5.56. The van der Waals surface area contributed by atoms with E-state index >= 15 is 0 Å². The molecule has 5 nitrogen and oxygen atoms in total. The standard InChI is InChI=1S/C5H10O.HNO3/c6-5-3-1-2-4-5;2-1(3)4/h5-6H,1-4H2;(H,2,3,4). The molecule has 0 aliphatic heterocycles. The first kappa shape index (κ1) is 9.16. The minimum absolute atomic E-state index is 0.0463. The van der Waals surface area contributed by atoms with Gasteiger partial charge in [0.25, 0.3) is 5.09 Å². The average Bonchev–Trinajstić information content (AvgIpc) is 2.15. The molecule has 1 saturated carbocycles. The van der Waals surface area contributed by atoms with Gasteiger partial charge in [0.05, 0.1) is 6.10 Å². The van der Waals surface area contributed by atoms with E-state index in [0.717, 1.165) is 12.8 Å². The largest absolute Gasteiger partial charge is 0.393 e. The summed E-state index contributed by atoms with van der Waals surface area (Å²) in [4.78, 5) is 8.36. The van der Waals surface area contributed by atoms with Gasteiger partial charge >= 0.3 is 0 Å². The Balaban J connectivity index is 0.000000180. The molecule has 0 saturated heterocycles. The van der Waals surface area contributed by atoms with Crippen LogP contribution in [-0.2, 0) is 0 Å². The van der Waals surface area contributed by atoms with Crippen molar-refractivity contribution in [2.24, 2.45) is 0 Å². The van der Waals surface area contributed by atoms with Gasteiger partial charge < -0.3 is 10.3 Å². The maximum absolute atomic E-state index is 8.73. The van der Waals surface area contributed by atoms with E-state index in [-0.39, 0.29) is 6.10 Å². The number of hydrogen-bond donors (Lipinski definition) is 2. The lowest BCUT2D eigenvalue weighted by Crippen LogP contribution is -1.94. The first-order valence-corrected chi connectivity index (χ1v) is 3.14. The van der Waals surface area contributed by atoms with Gasteiger partial charge in [0, 0.05) is 0 Å². The quantitative estimate of drug-likeness (QED) is 0.389. The van der Waals surface area contributed by atoms with Gasteiger partial charge in [0.15, 0.2) is 0 Å². The molecule has 0 spiro atoms. The van der Waals surface area contributed by atoms with Crippen LogP contribution in [0.2, 0.25) is 0 Å². The van der Waals surface area contributed by atoms with E-state index in [2.05, 4.69) is 0 Å². The normalized spacial score (nSPS) is 17.7. The molecule has 0 amide bonds. The highest BCUT2D eigenvalue weighted by atomic mass is 16.9. The summed E-state index contributed by atoms with van der Waals surface area (Å²) in [5, 5.41) is 22.4. The summed E-state index contributed by atoms with van der Waals surface area (Å²) in [6.45, 7) is 0. The van der Waals surface area contributed by atoms with Crippen molar-refractivity contribution in [3.8, 4) is 0 Å². The topological polar surface area (TPSA) is 83.6 Å². The van der Waals surface area contributed by atoms with Crippen LogP contribution in [0.4, 0.5) is 0 Å². The zero-order valence-electron chi connectivity index (χ0n) is 5.56. The third kappa shape index (κ3) is 7.16. The van der Waals surface area contributed by atoms with Crippen LogP contribution in [0.3, 0.4) is 0 Å². The molecular weight excluding hydrogens is 138 g/mol. The number of rotatable bonds is 0. The average molecular weight is 149 g/mol. The van der Waals surface area contributed by atoms with E-state index in [9.17, 15) is 0 Å². The van der Waals surface area contributed by atoms with Crippen molar-refractivity contribution >= 4 is 0 Å². The molecular formula is C5H11NO4. The summed E-state index contributed by atoms with van der Waals surface area (Å²) < 4.78 is 0. The monoisotopic (exact) mass is 149 g/mol. The van der Waals surface area contributed by atoms with Crippen LogP contribution in [0.1, 0.15) is 25.7 Å². The van der Waals surface area contributed by atoms with E-state index in [0.29, 0.717) is 0 Å². The molecule has 10 heavy (non-hydrogen) atoms. The molecule has 0 unspecified atom stereocenters. The van der Waals surface area contributed by atoms with Gasteiger partial charge in [-0.25, -0.2) is 0 Å². The molecule has 0 bridgehead atoms. The lowest BCUT2D eigenvalue weighted by atomic mass is 10.3. The smallest absolute Gasteiger partial charge is 0.291 e. The highest BCUT2D eigenvalue weighted by molar-refractivity contribution is 4.63. The van der Waals surface area contributed by atoms with E-state index < -0.39 is 5.09 Å². The Morgan fingerprint density at radius 2 is 1.70 bits per heavy atom. The Hall–Kier alpha value is -0.840. The van der Waals surface area contributed by atoms with Crippen molar-refractivity contribution in [3.05, 3.63) is 10.1 Å². The van der Waals surface area contributed by atoms with Crippen molar-refractivity contribution in [1.29, 1.82) is 0 Å². The summed E-state index contributed by atoms with van der Waals surface area (Å²) in [5.41, 5.74) is 0. The summed E-state index contributed by atoms with van der Waals surface area (Å²) >= 11 is 0. The highest BCUT2D eigenvalue weighted by Gasteiger charge is 2.09. The molecule has 0 aromatic heterocycles. The van der Waals surface area contributed by atoms with E-state index in [1.807, 2.05) is 0 Å². The first-order chi connectivity index (χ1) is 4.63. The van der Waals surface area contributed by atoms with Crippen LogP contribution in [0, 0.1) is 10.1 Å². The molecule has 0 atom stereocenters. The molecule has 0 heterocycles. The Kier molecular flexibility index (Phi) is 4.57. The second kappa shape index (κ2) is 4.99. The molecule has 1 rings (SSSR count). The SMILES string of the molecule is O=[N+]([O-])O.OC1CCCC1. The van der Waals surface area contributed by atoms with Crippen LogP contribution >= 0.6 is 0 Å². The maximum atomic E-state index is 8.73. The Bertz CT molecular complexity index is 95.8. The summed E-state index contributed by atoms with van der Waals surface area (Å²) in [5.74, 6) is 0. The molecule has 0 aromatic rings. The van der Waals surface area contributed by atoms with E-state index in [1.54, 1.807) is 0 Å². The van der Waals surface area contributed by atoms with Gasteiger partial charge in [0.1, 0.15) is 0 Å². The van der Waals surface area contributed by atoms with Crippen LogP contribution < -0.4 is 0 Å². The molecule has 0 aromatic carbocycles. The zero-order chi connectivity index (χ0) is 7.98. The second-order valence-electron chi connectivity index (χ2n) is 2.18. The van der Waals surface area contributed by atoms with Crippen molar-refractivity contribution < 1.29 is 15.4 Å². The third-order valence-electron chi connectivity index (χ3n) is 1.32. The lowest BCUT2D eigenvalue weighted by molar-refractivity contribution is -0.742. The van der Waals surface area contributed by atoms with E-state index in [4.69, 9.17) is 20.4 Å². The fourth-order valence-electron chi connectivity index (χ4n) is 0.904. The molecule has 1 aliphatic rings. The van der Waals surface area contributed by atoms with Crippen molar-refractivity contribution in [3.63, 3.8) is 0 Å². The van der Waals surface area contributed by atoms with Crippen LogP contribution in [0.15, 0.2) is 0 Å². The van der Waals surface area contributed by atoms with Gasteiger partial charge in [0.2, 0.25) is 0 Å². The van der Waals surface area contributed by atoms with Gasteiger partial charge in [-0.1, -0.05) is 12.8 Å². The van der Waals surface area contributed by atoms with Crippen molar-refractivity contribution in [1.82, 2.24) is 0 Å². The fraction of sp³-hybridized carbons (Fsp3) is 1.00. The summed E-state index contributed by atoms with van der Waals surface area (Å²) in [7, 11) is 0. The second-order valence-corrected chi connectivity index (χ2v) is 2.18. The molecule has 1 aliphatic carbocycles.